The molecule has 8 heavy (non-hydrogen) atoms. The Labute approximate surface area is 79.4 Å². The normalized spacial score (nSPS) is 12.9. The summed E-state index contributed by atoms with van der Waals surface area (Å²) in [6.07, 6.45) is 4.89. The van der Waals surface area contributed by atoms with Gasteiger partial charge in [-0.15, -0.1) is 6.30 Å². The summed E-state index contributed by atoms with van der Waals surface area (Å²) in [5.41, 5.74) is 0. The molecule has 0 nitrogen and oxygen atoms in total. The fourth-order valence-corrected chi connectivity index (χ4v) is 1.57. The van der Waals surface area contributed by atoms with Crippen molar-refractivity contribution >= 4 is 21.3 Å². The average molecular weight is 203 g/mol. The Hall–Kier alpha value is 1.47. The van der Waals surface area contributed by atoms with Gasteiger partial charge in [0.1, 0.15) is 7.57 Å². The molecule has 1 atom stereocenters. The maximum absolute atomic E-state index is 5.48. The molecule has 0 fully saturated rings. The van der Waals surface area contributed by atoms with Crippen LogP contribution in [0.5, 0.6) is 0 Å². The zero-order valence-corrected chi connectivity index (χ0v) is 9.48. The van der Waals surface area contributed by atoms with Crippen LogP contribution in [-0.2, 0) is 32.7 Å². The molecular formula is C5H12BPY. The molecule has 0 N–H and O–H groups in total. The third-order valence-corrected chi connectivity index (χ3v) is 2.01. The average Bonchev–Trinajstić information content (AvgIpc) is 1.27. The second-order valence-electron chi connectivity index (χ2n) is 2.26. The number of rotatable bonds is 2. The first-order valence-corrected chi connectivity index (χ1v) is 4.55. The maximum Gasteiger partial charge on any atom is 0.104 e. The Morgan fingerprint density at radius 2 is 2.00 bits per heavy atom. The second kappa shape index (κ2) is 6.59. The molecule has 0 aromatic rings. The van der Waals surface area contributed by atoms with E-state index in [2.05, 4.69) is 20.1 Å². The van der Waals surface area contributed by atoms with Crippen LogP contribution >= 0.6 is 7.42 Å². The predicted molar refractivity (Wildman–Crippen MR) is 40.9 cm³/mol. The Morgan fingerprint density at radius 1 is 1.62 bits per heavy atom. The topological polar surface area (TPSA) is 0 Å². The van der Waals surface area contributed by atoms with Gasteiger partial charge in [0, 0.05) is 32.7 Å². The van der Waals surface area contributed by atoms with Crippen molar-refractivity contribution in [2.24, 2.45) is 5.92 Å². The van der Waals surface area contributed by atoms with Gasteiger partial charge in [-0.3, -0.25) is 0 Å². The first-order chi connectivity index (χ1) is 3.13. The Balaban J connectivity index is 0. The van der Waals surface area contributed by atoms with Crippen LogP contribution in [0.15, 0.2) is 0 Å². The van der Waals surface area contributed by atoms with Crippen molar-refractivity contribution in [3.63, 3.8) is 0 Å². The zero-order valence-electron chi connectivity index (χ0n) is 5.65. The molecule has 0 heterocycles. The van der Waals surface area contributed by atoms with E-state index < -0.39 is 7.42 Å². The van der Waals surface area contributed by atoms with Crippen LogP contribution in [0.1, 0.15) is 13.8 Å². The van der Waals surface area contributed by atoms with Crippen molar-refractivity contribution in [2.75, 3.05) is 6.16 Å². The summed E-state index contributed by atoms with van der Waals surface area (Å²) >= 11 is 0. The van der Waals surface area contributed by atoms with Gasteiger partial charge in [-0.25, -0.2) is 0 Å². The zero-order chi connectivity index (χ0) is 5.86. The van der Waals surface area contributed by atoms with E-state index in [1.807, 2.05) is 0 Å². The van der Waals surface area contributed by atoms with Crippen molar-refractivity contribution in [1.82, 2.24) is 0 Å². The summed E-state index contributed by atoms with van der Waals surface area (Å²) in [7, 11) is 4.80. The van der Waals surface area contributed by atoms with Crippen LogP contribution in [0.2, 0.25) is 0 Å². The van der Waals surface area contributed by atoms with Crippen molar-refractivity contribution < 1.29 is 32.7 Å². The molecule has 0 aliphatic heterocycles. The molecule has 0 saturated carbocycles. The first kappa shape index (κ1) is 12.2. The molecule has 0 bridgehead atoms. The quantitative estimate of drug-likeness (QED) is 0.469. The van der Waals surface area contributed by atoms with Gasteiger partial charge in [-0.2, -0.15) is 7.42 Å². The molecular weight excluding hydrogens is 191 g/mol. The van der Waals surface area contributed by atoms with E-state index >= 15 is 0 Å². The van der Waals surface area contributed by atoms with Crippen LogP contribution in [-0.4, -0.2) is 20.0 Å². The molecule has 0 aliphatic rings. The van der Waals surface area contributed by atoms with Gasteiger partial charge >= 0.3 is 0 Å². The third kappa shape index (κ3) is 10.4. The summed E-state index contributed by atoms with van der Waals surface area (Å²) in [5.74, 6) is 0.733. The van der Waals surface area contributed by atoms with E-state index in [9.17, 15) is 0 Å². The molecule has 0 aliphatic carbocycles. The Kier molecular flexibility index (Phi) is 10.0. The standard InChI is InChI=1S/C5H12BP.Y/c1-5(2)4-7(3)6;/h5,7H,3-4H2,1-2H3;. The van der Waals surface area contributed by atoms with E-state index in [0.717, 1.165) is 12.1 Å². The summed E-state index contributed by atoms with van der Waals surface area (Å²) in [4.78, 5) is 0. The van der Waals surface area contributed by atoms with Gasteiger partial charge in [0.2, 0.25) is 0 Å². The SMILES string of the molecule is [B][PH](=C)CC(C)C.[Y]. The molecule has 0 aromatic heterocycles. The van der Waals surface area contributed by atoms with Crippen LogP contribution in [0.25, 0.3) is 0 Å². The summed E-state index contributed by atoms with van der Waals surface area (Å²) in [6.45, 7) is 4.34. The third-order valence-electron chi connectivity index (χ3n) is 0.670. The van der Waals surface area contributed by atoms with Crippen molar-refractivity contribution in [2.45, 2.75) is 13.8 Å². The summed E-state index contributed by atoms with van der Waals surface area (Å²) in [5, 5.41) is 0. The molecule has 43 valence electrons. The maximum atomic E-state index is 5.48. The van der Waals surface area contributed by atoms with Gasteiger partial charge in [0.05, 0.1) is 0 Å². The van der Waals surface area contributed by atoms with E-state index in [1.165, 1.54) is 0 Å². The largest absolute Gasteiger partial charge is 0.166 e. The van der Waals surface area contributed by atoms with E-state index in [0.29, 0.717) is 0 Å². The van der Waals surface area contributed by atoms with Crippen LogP contribution in [0, 0.1) is 5.92 Å². The molecule has 0 rings (SSSR count). The fraction of sp³-hybridized carbons (Fsp3) is 0.800. The van der Waals surface area contributed by atoms with Gasteiger partial charge in [-0.05, 0) is 12.1 Å². The summed E-state index contributed by atoms with van der Waals surface area (Å²) < 4.78 is 0. The van der Waals surface area contributed by atoms with E-state index in [4.69, 9.17) is 7.57 Å². The van der Waals surface area contributed by atoms with Crippen LogP contribution in [0.4, 0.5) is 0 Å². The smallest absolute Gasteiger partial charge is 0.104 e. The first-order valence-electron chi connectivity index (χ1n) is 2.56. The molecule has 3 heteroatoms. The van der Waals surface area contributed by atoms with Gasteiger partial charge in [0.25, 0.3) is 0 Å². The Bertz CT molecular complexity index is 72.8. The minimum absolute atomic E-state index is 0. The summed E-state index contributed by atoms with van der Waals surface area (Å²) in [6, 6.07) is 0. The molecule has 1 unspecified atom stereocenters. The van der Waals surface area contributed by atoms with Crippen molar-refractivity contribution in [3.05, 3.63) is 0 Å². The number of hydrogen-bond donors (Lipinski definition) is 0. The minimum atomic E-state index is -0.684. The molecule has 0 spiro atoms. The number of hydrogen-bond acceptors (Lipinski definition) is 0. The predicted octanol–water partition coefficient (Wildman–Crippen LogP) is 1.37. The monoisotopic (exact) mass is 203 g/mol. The van der Waals surface area contributed by atoms with Crippen molar-refractivity contribution in [3.8, 4) is 0 Å². The van der Waals surface area contributed by atoms with Gasteiger partial charge < -0.3 is 0 Å². The van der Waals surface area contributed by atoms with Gasteiger partial charge in [0.15, 0.2) is 0 Å². The Morgan fingerprint density at radius 3 is 2.00 bits per heavy atom. The molecule has 0 saturated heterocycles. The fourth-order valence-electron chi connectivity index (χ4n) is 0.524. The molecule has 3 radical (unpaired) electrons. The van der Waals surface area contributed by atoms with E-state index in [1.54, 1.807) is 0 Å². The second-order valence-corrected chi connectivity index (χ2v) is 3.98. The van der Waals surface area contributed by atoms with Crippen LogP contribution < -0.4 is 0 Å². The molecule has 0 aromatic carbocycles. The van der Waals surface area contributed by atoms with E-state index in [-0.39, 0.29) is 32.7 Å². The molecule has 0 amide bonds. The van der Waals surface area contributed by atoms with Crippen molar-refractivity contribution in [1.29, 1.82) is 0 Å². The van der Waals surface area contributed by atoms with Gasteiger partial charge in [-0.1, -0.05) is 13.8 Å². The minimum Gasteiger partial charge on any atom is -0.166 e. The van der Waals surface area contributed by atoms with Crippen LogP contribution in [0.3, 0.4) is 0 Å².